The van der Waals surface area contributed by atoms with Crippen LogP contribution in [0.1, 0.15) is 31.4 Å². The van der Waals surface area contributed by atoms with Gasteiger partial charge in [-0.25, -0.2) is 9.59 Å². The zero-order chi connectivity index (χ0) is 22.2. The fourth-order valence-electron chi connectivity index (χ4n) is 2.99. The molecule has 0 unspecified atom stereocenters. The van der Waals surface area contributed by atoms with E-state index < -0.39 is 11.9 Å². The van der Waals surface area contributed by atoms with E-state index in [2.05, 4.69) is 5.32 Å². The van der Waals surface area contributed by atoms with Crippen LogP contribution in [0.5, 0.6) is 0 Å². The topological polar surface area (TPSA) is 98.1 Å². The normalized spacial score (nSPS) is 10.7. The number of ether oxygens (including phenoxy) is 2. The maximum Gasteiger partial charge on any atom is 0.337 e. The Morgan fingerprint density at radius 3 is 2.26 bits per heavy atom. The molecule has 2 heterocycles. The van der Waals surface area contributed by atoms with Gasteiger partial charge in [-0.05, 0) is 41.8 Å². The molecular formula is C22H22N2O6S. The molecule has 3 rings (SSSR count). The van der Waals surface area contributed by atoms with E-state index >= 15 is 0 Å². The second kappa shape index (κ2) is 10.6. The Hall–Kier alpha value is -3.43. The fourth-order valence-corrected chi connectivity index (χ4v) is 3.73. The highest BCUT2D eigenvalue weighted by atomic mass is 32.1. The van der Waals surface area contributed by atoms with Crippen LogP contribution in [0.15, 0.2) is 58.5 Å². The summed E-state index contributed by atoms with van der Waals surface area (Å²) in [6.45, 7) is 1.10. The molecule has 0 aliphatic rings. The molecule has 1 amide bonds. The minimum Gasteiger partial charge on any atom is -0.468 e. The Bertz CT molecular complexity index is 960. The van der Waals surface area contributed by atoms with Crippen LogP contribution in [0.25, 0.3) is 0 Å². The Kier molecular flexibility index (Phi) is 7.58. The lowest BCUT2D eigenvalue weighted by molar-refractivity contribution is -0.117. The van der Waals surface area contributed by atoms with Gasteiger partial charge in [0.05, 0.1) is 44.7 Å². The van der Waals surface area contributed by atoms with E-state index in [-0.39, 0.29) is 23.6 Å². The van der Waals surface area contributed by atoms with Crippen LogP contribution in [-0.4, -0.2) is 43.5 Å². The number of esters is 2. The van der Waals surface area contributed by atoms with Gasteiger partial charge in [-0.15, -0.1) is 11.3 Å². The van der Waals surface area contributed by atoms with Crippen molar-refractivity contribution < 1.29 is 28.3 Å². The molecule has 8 nitrogen and oxygen atoms in total. The summed E-state index contributed by atoms with van der Waals surface area (Å²) >= 11 is 1.60. The SMILES string of the molecule is COC(=O)c1cc(NC(=O)CN(Cc2ccco2)Cc2cccs2)cc(C(=O)OC)c1. The van der Waals surface area contributed by atoms with Crippen molar-refractivity contribution in [2.75, 3.05) is 26.1 Å². The summed E-state index contributed by atoms with van der Waals surface area (Å²) < 4.78 is 14.9. The predicted molar refractivity (Wildman–Crippen MR) is 115 cm³/mol. The summed E-state index contributed by atoms with van der Waals surface area (Å²) in [6.07, 6.45) is 1.59. The predicted octanol–water partition coefficient (Wildman–Crippen LogP) is 3.56. The van der Waals surface area contributed by atoms with E-state index in [9.17, 15) is 14.4 Å². The van der Waals surface area contributed by atoms with Crippen LogP contribution in [0.3, 0.4) is 0 Å². The standard InChI is InChI=1S/C22H22N2O6S/c1-28-21(26)15-9-16(22(27)29-2)11-17(10-15)23-20(25)14-24(12-18-5-3-7-30-18)13-19-6-4-8-31-19/h3-11H,12-14H2,1-2H3,(H,23,25). The molecule has 3 aromatic rings. The van der Waals surface area contributed by atoms with Gasteiger partial charge in [0.15, 0.2) is 0 Å². The molecule has 0 atom stereocenters. The molecule has 162 valence electrons. The third-order valence-electron chi connectivity index (χ3n) is 4.35. The largest absolute Gasteiger partial charge is 0.468 e. The molecule has 0 aliphatic carbocycles. The summed E-state index contributed by atoms with van der Waals surface area (Å²) in [7, 11) is 2.48. The number of furan rings is 1. The van der Waals surface area contributed by atoms with Gasteiger partial charge in [0.1, 0.15) is 5.76 Å². The van der Waals surface area contributed by atoms with Crippen molar-refractivity contribution in [2.24, 2.45) is 0 Å². The van der Waals surface area contributed by atoms with E-state index in [1.807, 2.05) is 28.5 Å². The average Bonchev–Trinajstić information content (AvgIpc) is 3.46. The van der Waals surface area contributed by atoms with Gasteiger partial charge >= 0.3 is 11.9 Å². The van der Waals surface area contributed by atoms with E-state index in [1.165, 1.54) is 32.4 Å². The molecular weight excluding hydrogens is 420 g/mol. The quantitative estimate of drug-likeness (QED) is 0.506. The number of anilines is 1. The van der Waals surface area contributed by atoms with Crippen molar-refractivity contribution in [3.63, 3.8) is 0 Å². The fraction of sp³-hybridized carbons (Fsp3) is 0.227. The van der Waals surface area contributed by atoms with Gasteiger partial charge < -0.3 is 19.2 Å². The molecule has 0 radical (unpaired) electrons. The van der Waals surface area contributed by atoms with Crippen LogP contribution in [0, 0.1) is 0 Å². The number of nitrogens with one attached hydrogen (secondary N) is 1. The van der Waals surface area contributed by atoms with Gasteiger partial charge in [0, 0.05) is 17.1 Å². The Morgan fingerprint density at radius 2 is 1.71 bits per heavy atom. The van der Waals surface area contributed by atoms with Crippen LogP contribution in [0.2, 0.25) is 0 Å². The molecule has 0 saturated carbocycles. The molecule has 0 saturated heterocycles. The lowest BCUT2D eigenvalue weighted by Gasteiger charge is -2.20. The van der Waals surface area contributed by atoms with Crippen LogP contribution < -0.4 is 5.32 Å². The number of carbonyl (C=O) groups excluding carboxylic acids is 3. The average molecular weight is 442 g/mol. The Morgan fingerprint density at radius 1 is 1.00 bits per heavy atom. The summed E-state index contributed by atoms with van der Waals surface area (Å²) in [6, 6.07) is 11.9. The lowest BCUT2D eigenvalue weighted by atomic mass is 10.1. The monoisotopic (exact) mass is 442 g/mol. The summed E-state index contributed by atoms with van der Waals surface area (Å²) in [5.41, 5.74) is 0.556. The van der Waals surface area contributed by atoms with Crippen LogP contribution >= 0.6 is 11.3 Å². The number of amides is 1. The molecule has 0 bridgehead atoms. The number of hydrogen-bond donors (Lipinski definition) is 1. The van der Waals surface area contributed by atoms with Crippen LogP contribution in [0.4, 0.5) is 5.69 Å². The Labute approximate surface area is 183 Å². The summed E-state index contributed by atoms with van der Waals surface area (Å²) in [5, 5.41) is 4.73. The maximum atomic E-state index is 12.8. The minimum absolute atomic E-state index is 0.0780. The number of benzene rings is 1. The van der Waals surface area contributed by atoms with Gasteiger partial charge in [-0.2, -0.15) is 0 Å². The van der Waals surface area contributed by atoms with Gasteiger partial charge in [-0.1, -0.05) is 6.07 Å². The first-order valence-corrected chi connectivity index (χ1v) is 10.2. The Balaban J connectivity index is 1.76. The van der Waals surface area contributed by atoms with E-state index in [0.29, 0.717) is 18.8 Å². The number of rotatable bonds is 9. The molecule has 0 fully saturated rings. The highest BCUT2D eigenvalue weighted by Crippen LogP contribution is 2.18. The molecule has 2 aromatic heterocycles. The second-order valence-electron chi connectivity index (χ2n) is 6.63. The van der Waals surface area contributed by atoms with E-state index in [4.69, 9.17) is 13.9 Å². The molecule has 9 heteroatoms. The summed E-state index contributed by atoms with van der Waals surface area (Å²) in [4.78, 5) is 39.7. The first-order chi connectivity index (χ1) is 15.0. The van der Waals surface area contributed by atoms with E-state index in [0.717, 1.165) is 10.6 Å². The van der Waals surface area contributed by atoms with E-state index in [1.54, 1.807) is 23.7 Å². The van der Waals surface area contributed by atoms with Crippen molar-refractivity contribution >= 4 is 34.9 Å². The number of hydrogen-bond acceptors (Lipinski definition) is 8. The third kappa shape index (κ3) is 6.27. The first kappa shape index (κ1) is 22.3. The maximum absolute atomic E-state index is 12.8. The van der Waals surface area contributed by atoms with Crippen molar-refractivity contribution in [1.29, 1.82) is 0 Å². The second-order valence-corrected chi connectivity index (χ2v) is 7.67. The zero-order valence-corrected chi connectivity index (χ0v) is 17.9. The lowest BCUT2D eigenvalue weighted by Crippen LogP contribution is -2.32. The first-order valence-electron chi connectivity index (χ1n) is 9.37. The smallest absolute Gasteiger partial charge is 0.337 e. The van der Waals surface area contributed by atoms with Gasteiger partial charge in [-0.3, -0.25) is 9.69 Å². The number of methoxy groups -OCH3 is 2. The zero-order valence-electron chi connectivity index (χ0n) is 17.1. The third-order valence-corrected chi connectivity index (χ3v) is 5.21. The van der Waals surface area contributed by atoms with Gasteiger partial charge in [0.2, 0.25) is 5.91 Å². The van der Waals surface area contributed by atoms with Crippen molar-refractivity contribution in [3.05, 3.63) is 75.9 Å². The number of nitrogens with zero attached hydrogens (tertiary/aromatic N) is 1. The highest BCUT2D eigenvalue weighted by Gasteiger charge is 2.17. The molecule has 0 spiro atoms. The molecule has 1 N–H and O–H groups in total. The van der Waals surface area contributed by atoms with Crippen molar-refractivity contribution in [2.45, 2.75) is 13.1 Å². The number of carbonyl (C=O) groups is 3. The minimum atomic E-state index is -0.626. The molecule has 1 aromatic carbocycles. The highest BCUT2D eigenvalue weighted by molar-refractivity contribution is 7.09. The van der Waals surface area contributed by atoms with Crippen molar-refractivity contribution in [1.82, 2.24) is 4.90 Å². The van der Waals surface area contributed by atoms with Crippen molar-refractivity contribution in [3.8, 4) is 0 Å². The molecule has 0 aliphatic heterocycles. The van der Waals surface area contributed by atoms with Crippen LogP contribution in [-0.2, 0) is 27.4 Å². The summed E-state index contributed by atoms with van der Waals surface area (Å²) in [5.74, 6) is -0.817. The number of thiophene rings is 1. The molecule has 31 heavy (non-hydrogen) atoms. The van der Waals surface area contributed by atoms with Gasteiger partial charge in [0.25, 0.3) is 0 Å².